The van der Waals surface area contributed by atoms with Gasteiger partial charge in [-0.1, -0.05) is 45.2 Å². The summed E-state index contributed by atoms with van der Waals surface area (Å²) in [5.74, 6) is 1.08. The van der Waals surface area contributed by atoms with E-state index in [1.807, 2.05) is 40.7 Å². The van der Waals surface area contributed by atoms with Gasteiger partial charge in [-0.3, -0.25) is 9.59 Å². The highest BCUT2D eigenvalue weighted by atomic mass is 16.2. The Morgan fingerprint density at radius 1 is 1.13 bits per heavy atom. The molecule has 1 aliphatic rings. The maximum atomic E-state index is 13.1. The number of hydrogen-bond acceptors (Lipinski definition) is 3. The third-order valence-corrected chi connectivity index (χ3v) is 6.04. The Labute approximate surface area is 180 Å². The van der Waals surface area contributed by atoms with Gasteiger partial charge in [-0.2, -0.15) is 0 Å². The molecule has 2 amide bonds. The van der Waals surface area contributed by atoms with Gasteiger partial charge in [0.1, 0.15) is 12.4 Å². The van der Waals surface area contributed by atoms with Crippen LogP contribution in [-0.4, -0.2) is 39.4 Å². The van der Waals surface area contributed by atoms with Gasteiger partial charge in [-0.05, 0) is 44.7 Å². The molecular weight excluding hydrogens is 376 g/mol. The molecule has 30 heavy (non-hydrogen) atoms. The van der Waals surface area contributed by atoms with Crippen molar-refractivity contribution in [1.29, 1.82) is 0 Å². The number of rotatable bonds is 9. The highest BCUT2D eigenvalue weighted by Gasteiger charge is 2.26. The number of imidazole rings is 1. The van der Waals surface area contributed by atoms with E-state index < -0.39 is 0 Å². The van der Waals surface area contributed by atoms with Crippen LogP contribution in [0.1, 0.15) is 77.6 Å². The summed E-state index contributed by atoms with van der Waals surface area (Å²) in [6.07, 6.45) is 7.30. The van der Waals surface area contributed by atoms with Crippen molar-refractivity contribution in [3.05, 3.63) is 30.1 Å². The zero-order valence-corrected chi connectivity index (χ0v) is 18.7. The first-order valence-corrected chi connectivity index (χ1v) is 11.6. The number of carbonyl (C=O) groups is 2. The second-order valence-electron chi connectivity index (χ2n) is 8.49. The monoisotopic (exact) mass is 412 g/mol. The van der Waals surface area contributed by atoms with Crippen LogP contribution in [0.25, 0.3) is 11.0 Å². The Morgan fingerprint density at radius 3 is 2.47 bits per heavy atom. The van der Waals surface area contributed by atoms with E-state index in [0.29, 0.717) is 0 Å². The van der Waals surface area contributed by atoms with Gasteiger partial charge in [0.25, 0.3) is 0 Å². The van der Waals surface area contributed by atoms with E-state index in [1.165, 1.54) is 6.42 Å². The summed E-state index contributed by atoms with van der Waals surface area (Å²) in [6.45, 7) is 7.94. The van der Waals surface area contributed by atoms with E-state index in [0.717, 1.165) is 68.5 Å². The highest BCUT2D eigenvalue weighted by Crippen LogP contribution is 2.26. The summed E-state index contributed by atoms with van der Waals surface area (Å²) in [5, 5.41) is 3.17. The maximum absolute atomic E-state index is 13.1. The molecule has 0 bridgehead atoms. The van der Waals surface area contributed by atoms with Crippen LogP contribution in [0.5, 0.6) is 0 Å². The van der Waals surface area contributed by atoms with Crippen molar-refractivity contribution in [2.75, 3.05) is 13.1 Å². The lowest BCUT2D eigenvalue weighted by atomic mass is 9.88. The van der Waals surface area contributed by atoms with Crippen LogP contribution in [0.2, 0.25) is 0 Å². The number of aromatic nitrogens is 2. The molecule has 1 fully saturated rings. The molecule has 6 heteroatoms. The molecule has 1 unspecified atom stereocenters. The highest BCUT2D eigenvalue weighted by molar-refractivity contribution is 5.82. The zero-order chi connectivity index (χ0) is 21.5. The van der Waals surface area contributed by atoms with Crippen LogP contribution in [0.3, 0.4) is 0 Å². The molecule has 164 valence electrons. The minimum Gasteiger partial charge on any atom is -0.346 e. The smallest absolute Gasteiger partial charge is 0.242 e. The van der Waals surface area contributed by atoms with Crippen molar-refractivity contribution in [1.82, 2.24) is 19.8 Å². The van der Waals surface area contributed by atoms with E-state index >= 15 is 0 Å². The minimum absolute atomic E-state index is 0.102. The van der Waals surface area contributed by atoms with Crippen LogP contribution in [0.15, 0.2) is 24.3 Å². The number of benzene rings is 1. The molecule has 1 aliphatic carbocycles. The first-order chi connectivity index (χ1) is 14.5. The summed E-state index contributed by atoms with van der Waals surface area (Å²) >= 11 is 0. The summed E-state index contributed by atoms with van der Waals surface area (Å²) in [4.78, 5) is 32.6. The number of nitrogens with one attached hydrogen (secondary N) is 1. The fourth-order valence-corrected chi connectivity index (χ4v) is 4.49. The zero-order valence-electron chi connectivity index (χ0n) is 18.7. The van der Waals surface area contributed by atoms with Crippen molar-refractivity contribution in [3.63, 3.8) is 0 Å². The lowest BCUT2D eigenvalue weighted by Gasteiger charge is -2.25. The van der Waals surface area contributed by atoms with E-state index in [1.54, 1.807) is 0 Å². The van der Waals surface area contributed by atoms with Gasteiger partial charge >= 0.3 is 0 Å². The molecule has 0 spiro atoms. The van der Waals surface area contributed by atoms with Gasteiger partial charge in [0.2, 0.25) is 11.8 Å². The molecule has 1 heterocycles. The average molecular weight is 413 g/mol. The molecule has 1 N–H and O–H groups in total. The van der Waals surface area contributed by atoms with E-state index in [-0.39, 0.29) is 30.3 Å². The number of nitrogens with zero attached hydrogens (tertiary/aromatic N) is 3. The molecular formula is C24H36N4O2. The van der Waals surface area contributed by atoms with Crippen LogP contribution >= 0.6 is 0 Å². The largest absolute Gasteiger partial charge is 0.346 e. The molecule has 1 aromatic carbocycles. The van der Waals surface area contributed by atoms with Gasteiger partial charge in [-0.15, -0.1) is 0 Å². The standard InChI is InChI=1S/C24H36N4O2/c1-4-15-27(16-5-2)22(29)17-28-21-14-10-9-13-20(21)26-23(28)18(3)25-24(30)19-11-7-6-8-12-19/h9-10,13-14,18-19H,4-8,11-12,15-17H2,1-3H3,(H,25,30). The lowest BCUT2D eigenvalue weighted by molar-refractivity contribution is -0.131. The molecule has 2 aromatic rings. The summed E-state index contributed by atoms with van der Waals surface area (Å²) in [7, 11) is 0. The van der Waals surface area contributed by atoms with Crippen molar-refractivity contribution >= 4 is 22.8 Å². The SMILES string of the molecule is CCCN(CCC)C(=O)Cn1c(C(C)NC(=O)C2CCCCC2)nc2ccccc21. The first kappa shape index (κ1) is 22.3. The van der Waals surface area contributed by atoms with Crippen LogP contribution in [0, 0.1) is 5.92 Å². The number of para-hydroxylation sites is 2. The molecule has 6 nitrogen and oxygen atoms in total. The molecule has 0 aliphatic heterocycles. The normalized spacial score (nSPS) is 15.8. The van der Waals surface area contributed by atoms with Crippen LogP contribution in [0.4, 0.5) is 0 Å². The first-order valence-electron chi connectivity index (χ1n) is 11.6. The molecule has 0 radical (unpaired) electrons. The van der Waals surface area contributed by atoms with Crippen molar-refractivity contribution in [2.45, 2.75) is 78.3 Å². The molecule has 1 atom stereocenters. The van der Waals surface area contributed by atoms with Crippen molar-refractivity contribution in [3.8, 4) is 0 Å². The summed E-state index contributed by atoms with van der Waals surface area (Å²) in [5.41, 5.74) is 1.80. The molecule has 0 saturated heterocycles. The fourth-order valence-electron chi connectivity index (χ4n) is 4.49. The summed E-state index contributed by atoms with van der Waals surface area (Å²) in [6, 6.07) is 7.64. The quantitative estimate of drug-likeness (QED) is 0.662. The van der Waals surface area contributed by atoms with Gasteiger partial charge in [0.15, 0.2) is 0 Å². The summed E-state index contributed by atoms with van der Waals surface area (Å²) < 4.78 is 1.99. The second-order valence-corrected chi connectivity index (χ2v) is 8.49. The van der Waals surface area contributed by atoms with Gasteiger partial charge < -0.3 is 14.8 Å². The van der Waals surface area contributed by atoms with Crippen molar-refractivity contribution < 1.29 is 9.59 Å². The molecule has 3 rings (SSSR count). The number of carbonyl (C=O) groups excluding carboxylic acids is 2. The Bertz CT molecular complexity index is 848. The van der Waals surface area contributed by atoms with Crippen LogP contribution in [-0.2, 0) is 16.1 Å². The van der Waals surface area contributed by atoms with Gasteiger partial charge in [-0.25, -0.2) is 4.98 Å². The molecule has 1 aromatic heterocycles. The third-order valence-electron chi connectivity index (χ3n) is 6.04. The van der Waals surface area contributed by atoms with E-state index in [9.17, 15) is 9.59 Å². The Morgan fingerprint density at radius 2 is 1.80 bits per heavy atom. The minimum atomic E-state index is -0.245. The van der Waals surface area contributed by atoms with E-state index in [4.69, 9.17) is 4.98 Å². The van der Waals surface area contributed by atoms with Gasteiger partial charge in [0.05, 0.1) is 17.1 Å². The maximum Gasteiger partial charge on any atom is 0.242 e. The van der Waals surface area contributed by atoms with Crippen molar-refractivity contribution in [2.24, 2.45) is 5.92 Å². The Balaban J connectivity index is 1.83. The van der Waals surface area contributed by atoms with E-state index in [2.05, 4.69) is 19.2 Å². The lowest BCUT2D eigenvalue weighted by Crippen LogP contribution is -2.37. The number of hydrogen-bond donors (Lipinski definition) is 1. The topological polar surface area (TPSA) is 67.2 Å². The number of fused-ring (bicyclic) bond motifs is 1. The Hall–Kier alpha value is -2.37. The predicted molar refractivity (Wildman–Crippen MR) is 120 cm³/mol. The second kappa shape index (κ2) is 10.6. The molecule has 1 saturated carbocycles. The fraction of sp³-hybridized carbons (Fsp3) is 0.625. The number of amides is 2. The average Bonchev–Trinajstić information content (AvgIpc) is 3.12. The van der Waals surface area contributed by atoms with Crippen LogP contribution < -0.4 is 5.32 Å². The predicted octanol–water partition coefficient (Wildman–Crippen LogP) is 4.44. The third kappa shape index (κ3) is 5.21. The van der Waals surface area contributed by atoms with Gasteiger partial charge in [0, 0.05) is 19.0 Å². The Kier molecular flexibility index (Phi) is 7.88.